The van der Waals surface area contributed by atoms with Crippen LogP contribution in [0.3, 0.4) is 0 Å². The second-order valence-corrected chi connectivity index (χ2v) is 8.24. The minimum absolute atomic E-state index is 0.0134. The van der Waals surface area contributed by atoms with Gasteiger partial charge in [-0.15, -0.1) is 11.8 Å². The molecule has 2 unspecified atom stereocenters. The summed E-state index contributed by atoms with van der Waals surface area (Å²) in [5.74, 6) is 0.883. The summed E-state index contributed by atoms with van der Waals surface area (Å²) in [5, 5.41) is 8.49. The Kier molecular flexibility index (Phi) is 11.7. The summed E-state index contributed by atoms with van der Waals surface area (Å²) in [5.41, 5.74) is 5.93. The van der Waals surface area contributed by atoms with Crippen LogP contribution in [0.5, 0.6) is 0 Å². The first-order valence-corrected chi connectivity index (χ1v) is 11.3. The number of amides is 3. The molecule has 1 saturated heterocycles. The summed E-state index contributed by atoms with van der Waals surface area (Å²) in [7, 11) is 3.47. The van der Waals surface area contributed by atoms with Gasteiger partial charge in [0.05, 0.1) is 11.3 Å². The quantitative estimate of drug-likeness (QED) is 0.150. The van der Waals surface area contributed by atoms with E-state index in [4.69, 9.17) is 5.73 Å². The van der Waals surface area contributed by atoms with Gasteiger partial charge in [0, 0.05) is 45.4 Å². The number of likely N-dealkylation sites (tertiary alicyclic amines) is 1. The van der Waals surface area contributed by atoms with Crippen LogP contribution in [0.4, 0.5) is 0 Å². The molecule has 3 amide bonds. The average molecular weight is 429 g/mol. The highest BCUT2D eigenvalue weighted by Crippen LogP contribution is 2.28. The third-order valence-electron chi connectivity index (χ3n) is 4.95. The van der Waals surface area contributed by atoms with Gasteiger partial charge in [0.1, 0.15) is 0 Å². The van der Waals surface area contributed by atoms with E-state index in [0.29, 0.717) is 31.2 Å². The van der Waals surface area contributed by atoms with E-state index in [0.717, 1.165) is 19.3 Å². The number of hydrogen-bond acceptors (Lipinski definition) is 6. The molecule has 0 aliphatic carbocycles. The molecular formula is C19H36N6O3S. The number of carbonyl (C=O) groups is 3. The van der Waals surface area contributed by atoms with Crippen LogP contribution in [0.15, 0.2) is 4.99 Å². The summed E-state index contributed by atoms with van der Waals surface area (Å²) in [6.07, 6.45) is 3.10. The van der Waals surface area contributed by atoms with Crippen molar-refractivity contribution in [3.8, 4) is 0 Å². The van der Waals surface area contributed by atoms with Crippen molar-refractivity contribution in [3.05, 3.63) is 0 Å². The second kappa shape index (κ2) is 13.4. The molecule has 9 nitrogen and oxygen atoms in total. The van der Waals surface area contributed by atoms with Crippen LogP contribution < -0.4 is 21.7 Å². The number of hydrogen-bond donors (Lipinski definition) is 4. The van der Waals surface area contributed by atoms with Crippen molar-refractivity contribution in [1.82, 2.24) is 20.9 Å². The zero-order valence-electron chi connectivity index (χ0n) is 18.0. The smallest absolute Gasteiger partial charge is 0.243 e. The van der Waals surface area contributed by atoms with Crippen LogP contribution in [0.25, 0.3) is 0 Å². The molecule has 0 aromatic carbocycles. The van der Waals surface area contributed by atoms with Crippen LogP contribution in [0.1, 0.15) is 46.0 Å². The first-order chi connectivity index (χ1) is 13.9. The number of rotatable bonds is 12. The molecule has 5 N–H and O–H groups in total. The first-order valence-electron chi connectivity index (χ1n) is 10.3. The number of nitrogens with one attached hydrogen (secondary N) is 3. The Hall–Kier alpha value is -1.81. The Bertz CT molecular complexity index is 582. The predicted octanol–water partition coefficient (Wildman–Crippen LogP) is 0.0542. The number of nitrogens with zero attached hydrogens (tertiary/aromatic N) is 2. The number of aliphatic imine (C=N–C) groups is 1. The highest BCUT2D eigenvalue weighted by molar-refractivity contribution is 8.00. The largest absolute Gasteiger partial charge is 0.359 e. The van der Waals surface area contributed by atoms with Crippen molar-refractivity contribution < 1.29 is 14.4 Å². The van der Waals surface area contributed by atoms with Crippen LogP contribution in [0, 0.1) is 0 Å². The molecule has 0 aromatic heterocycles. The first kappa shape index (κ1) is 25.2. The Morgan fingerprint density at radius 1 is 1.28 bits per heavy atom. The maximum absolute atomic E-state index is 12.5. The van der Waals surface area contributed by atoms with Crippen molar-refractivity contribution in [1.29, 1.82) is 0 Å². The van der Waals surface area contributed by atoms with Crippen molar-refractivity contribution in [2.45, 2.75) is 63.3 Å². The zero-order valence-corrected chi connectivity index (χ0v) is 18.8. The summed E-state index contributed by atoms with van der Waals surface area (Å²) in [4.78, 5) is 42.2. The lowest BCUT2D eigenvalue weighted by molar-refractivity contribution is -0.141. The summed E-state index contributed by atoms with van der Waals surface area (Å²) >= 11 is 1.42. The summed E-state index contributed by atoms with van der Waals surface area (Å²) in [6.45, 7) is 5.07. The van der Waals surface area contributed by atoms with Gasteiger partial charge in [-0.05, 0) is 25.7 Å². The molecule has 10 heteroatoms. The number of nitrogens with two attached hydrogens (primary N) is 1. The van der Waals surface area contributed by atoms with Crippen molar-refractivity contribution >= 4 is 35.4 Å². The fourth-order valence-electron chi connectivity index (χ4n) is 3.24. The molecule has 1 aliphatic heterocycles. The molecule has 0 bridgehead atoms. The molecule has 0 spiro atoms. The van der Waals surface area contributed by atoms with E-state index in [1.54, 1.807) is 14.1 Å². The van der Waals surface area contributed by atoms with E-state index in [-0.39, 0.29) is 35.4 Å². The fraction of sp³-hybridized carbons (Fsp3) is 0.789. The van der Waals surface area contributed by atoms with Gasteiger partial charge in [-0.2, -0.15) is 0 Å². The van der Waals surface area contributed by atoms with E-state index < -0.39 is 6.04 Å². The van der Waals surface area contributed by atoms with Gasteiger partial charge < -0.3 is 21.7 Å². The van der Waals surface area contributed by atoms with Crippen LogP contribution in [0.2, 0.25) is 0 Å². The van der Waals surface area contributed by atoms with Gasteiger partial charge in [0.25, 0.3) is 0 Å². The molecule has 29 heavy (non-hydrogen) atoms. The van der Waals surface area contributed by atoms with E-state index in [9.17, 15) is 14.4 Å². The topological polar surface area (TPSA) is 129 Å². The average Bonchev–Trinajstić information content (AvgIpc) is 3.00. The van der Waals surface area contributed by atoms with Gasteiger partial charge in [-0.1, -0.05) is 13.8 Å². The van der Waals surface area contributed by atoms with E-state index >= 15 is 0 Å². The molecule has 2 atom stereocenters. The molecule has 0 saturated carbocycles. The highest BCUT2D eigenvalue weighted by atomic mass is 32.2. The van der Waals surface area contributed by atoms with E-state index in [1.165, 1.54) is 16.7 Å². The zero-order chi connectivity index (χ0) is 21.8. The molecule has 166 valence electrons. The second-order valence-electron chi connectivity index (χ2n) is 6.92. The van der Waals surface area contributed by atoms with Gasteiger partial charge in [0.2, 0.25) is 17.7 Å². The molecule has 1 rings (SSSR count). The number of carbonyl (C=O) groups excluding carboxylic acids is 3. The number of thioether (sulfide) groups is 1. The van der Waals surface area contributed by atoms with Gasteiger partial charge >= 0.3 is 0 Å². The minimum Gasteiger partial charge on any atom is -0.359 e. The predicted molar refractivity (Wildman–Crippen MR) is 118 cm³/mol. The lowest BCUT2D eigenvalue weighted by Crippen LogP contribution is -2.42. The maximum Gasteiger partial charge on any atom is 0.243 e. The number of imide groups is 1. The number of guanidine groups is 1. The molecular weight excluding hydrogens is 392 g/mol. The highest BCUT2D eigenvalue weighted by Gasteiger charge is 2.41. The van der Waals surface area contributed by atoms with Crippen molar-refractivity contribution in [3.63, 3.8) is 0 Å². The van der Waals surface area contributed by atoms with E-state index in [2.05, 4.69) is 20.9 Å². The SMILES string of the molecule is CCC(CC)N1C(=O)CC(SCCNC(=O)C(N)CCCNC(=NC)NC)C1=O. The van der Waals surface area contributed by atoms with Gasteiger partial charge in [-0.3, -0.25) is 24.3 Å². The van der Waals surface area contributed by atoms with Crippen LogP contribution in [-0.2, 0) is 14.4 Å². The van der Waals surface area contributed by atoms with Crippen LogP contribution >= 0.6 is 11.8 Å². The maximum atomic E-state index is 12.5. The lowest BCUT2D eigenvalue weighted by Gasteiger charge is -2.24. The van der Waals surface area contributed by atoms with Crippen molar-refractivity contribution in [2.75, 3.05) is 32.9 Å². The van der Waals surface area contributed by atoms with E-state index in [1.807, 2.05) is 13.8 Å². The monoisotopic (exact) mass is 428 g/mol. The van der Waals surface area contributed by atoms with Gasteiger partial charge in [-0.25, -0.2) is 0 Å². The summed E-state index contributed by atoms with van der Waals surface area (Å²) < 4.78 is 0. The Morgan fingerprint density at radius 2 is 1.97 bits per heavy atom. The molecule has 1 heterocycles. The molecule has 1 aliphatic rings. The summed E-state index contributed by atoms with van der Waals surface area (Å²) in [6, 6.07) is -0.584. The Balaban J connectivity index is 2.26. The van der Waals surface area contributed by atoms with Crippen LogP contribution in [-0.4, -0.2) is 78.9 Å². The fourth-order valence-corrected chi connectivity index (χ4v) is 4.26. The molecule has 1 fully saturated rings. The lowest BCUT2D eigenvalue weighted by atomic mass is 10.1. The minimum atomic E-state index is -0.571. The molecule has 0 radical (unpaired) electrons. The third kappa shape index (κ3) is 7.85. The Morgan fingerprint density at radius 3 is 2.55 bits per heavy atom. The normalized spacial score (nSPS) is 18.3. The third-order valence-corrected chi connectivity index (χ3v) is 6.16. The van der Waals surface area contributed by atoms with Gasteiger partial charge in [0.15, 0.2) is 5.96 Å². The molecule has 0 aromatic rings. The standard InChI is InChI=1S/C19H36N6O3S/c1-5-13(6-2)25-16(26)12-15(18(25)28)29-11-10-23-17(27)14(20)8-7-9-24-19(21-3)22-4/h13-15H,5-12,20H2,1-4H3,(H,23,27)(H2,21,22,24). The van der Waals surface area contributed by atoms with Crippen molar-refractivity contribution in [2.24, 2.45) is 10.7 Å². The Labute approximate surface area is 178 Å².